The molecule has 0 fully saturated rings. The molecular weight excluding hydrogens is 317 g/mol. The fraction of sp³-hybridized carbons (Fsp3) is 0.250. The maximum Gasteiger partial charge on any atom is 0.230 e. The van der Waals surface area contributed by atoms with Crippen LogP contribution in [0.5, 0.6) is 0 Å². The Morgan fingerprint density at radius 2 is 2.15 bits per heavy atom. The molecule has 1 aromatic carbocycles. The highest BCUT2D eigenvalue weighted by Gasteiger charge is 2.07. The van der Waals surface area contributed by atoms with E-state index in [1.54, 1.807) is 12.1 Å². The molecule has 0 aliphatic rings. The largest absolute Gasteiger partial charge is 0.351 e. The van der Waals surface area contributed by atoms with Crippen LogP contribution in [0.4, 0.5) is 4.39 Å². The van der Waals surface area contributed by atoms with E-state index in [0.29, 0.717) is 12.3 Å². The minimum absolute atomic E-state index is 0.0831. The van der Waals surface area contributed by atoms with Gasteiger partial charge in [0.25, 0.3) is 0 Å². The standard InChI is InChI=1S/C12H12FN3OS3/c1-18-11-15-12(20-16-11)19-7-10(17)14-6-8-2-4-9(13)5-3-8/h2-5H,6-7H2,1H3,(H,14,17). The third-order valence-electron chi connectivity index (χ3n) is 2.30. The fourth-order valence-electron chi connectivity index (χ4n) is 1.32. The Kier molecular flexibility index (Phi) is 5.81. The maximum atomic E-state index is 12.7. The molecule has 4 nitrogen and oxygen atoms in total. The highest BCUT2D eigenvalue weighted by molar-refractivity contribution is 8.01. The van der Waals surface area contributed by atoms with Crippen molar-refractivity contribution in [1.82, 2.24) is 14.7 Å². The van der Waals surface area contributed by atoms with E-state index < -0.39 is 0 Å². The van der Waals surface area contributed by atoms with Gasteiger partial charge in [-0.05, 0) is 35.5 Å². The summed E-state index contributed by atoms with van der Waals surface area (Å²) in [5, 5.41) is 3.50. The second-order valence-corrected chi connectivity index (χ2v) is 6.49. The van der Waals surface area contributed by atoms with Crippen molar-refractivity contribution >= 4 is 41.0 Å². The average molecular weight is 329 g/mol. The Morgan fingerprint density at radius 3 is 2.80 bits per heavy atom. The number of rotatable bonds is 6. The van der Waals surface area contributed by atoms with Crippen LogP contribution in [-0.4, -0.2) is 27.3 Å². The zero-order chi connectivity index (χ0) is 14.4. The number of thioether (sulfide) groups is 2. The highest BCUT2D eigenvalue weighted by Crippen LogP contribution is 2.23. The number of hydrogen-bond acceptors (Lipinski definition) is 6. The van der Waals surface area contributed by atoms with E-state index in [-0.39, 0.29) is 11.7 Å². The average Bonchev–Trinajstić information content (AvgIpc) is 2.92. The minimum Gasteiger partial charge on any atom is -0.351 e. The SMILES string of the molecule is CSc1nsc(SCC(=O)NCc2ccc(F)cc2)n1. The van der Waals surface area contributed by atoms with Crippen LogP contribution >= 0.6 is 35.1 Å². The Labute approximate surface area is 128 Å². The van der Waals surface area contributed by atoms with Crippen LogP contribution in [0.2, 0.25) is 0 Å². The molecule has 0 radical (unpaired) electrons. The number of aromatic nitrogens is 2. The Hall–Kier alpha value is -1.12. The Bertz CT molecular complexity index is 574. The molecule has 1 amide bonds. The minimum atomic E-state index is -0.281. The fourth-order valence-corrected chi connectivity index (χ4v) is 3.36. The molecule has 1 heterocycles. The van der Waals surface area contributed by atoms with E-state index in [2.05, 4.69) is 14.7 Å². The summed E-state index contributed by atoms with van der Waals surface area (Å²) < 4.78 is 17.6. The van der Waals surface area contributed by atoms with Gasteiger partial charge in [0.15, 0.2) is 4.34 Å². The van der Waals surface area contributed by atoms with E-state index in [4.69, 9.17) is 0 Å². The van der Waals surface area contributed by atoms with Gasteiger partial charge in [0.2, 0.25) is 11.1 Å². The first-order valence-corrected chi connectivity index (χ1v) is 8.67. The number of nitrogens with one attached hydrogen (secondary N) is 1. The summed E-state index contributed by atoms with van der Waals surface area (Å²) in [6, 6.07) is 6.05. The van der Waals surface area contributed by atoms with Crippen molar-refractivity contribution in [3.63, 3.8) is 0 Å². The van der Waals surface area contributed by atoms with Crippen molar-refractivity contribution in [2.45, 2.75) is 16.0 Å². The molecule has 20 heavy (non-hydrogen) atoms. The van der Waals surface area contributed by atoms with Crippen LogP contribution in [0.25, 0.3) is 0 Å². The molecule has 1 aromatic heterocycles. The Morgan fingerprint density at radius 1 is 1.40 bits per heavy atom. The third-order valence-corrected chi connectivity index (χ3v) is 4.80. The van der Waals surface area contributed by atoms with Gasteiger partial charge < -0.3 is 5.32 Å². The summed E-state index contributed by atoms with van der Waals surface area (Å²) in [5.74, 6) is -0.0683. The lowest BCUT2D eigenvalue weighted by Crippen LogP contribution is -2.24. The van der Waals surface area contributed by atoms with Crippen molar-refractivity contribution in [1.29, 1.82) is 0 Å². The molecule has 0 unspecified atom stereocenters. The number of carbonyl (C=O) groups is 1. The number of amides is 1. The zero-order valence-corrected chi connectivity index (χ0v) is 13.1. The quantitative estimate of drug-likeness (QED) is 0.826. The predicted molar refractivity (Wildman–Crippen MR) is 80.7 cm³/mol. The Balaban J connectivity index is 1.74. The molecule has 0 atom stereocenters. The molecule has 0 spiro atoms. The molecule has 2 rings (SSSR count). The lowest BCUT2D eigenvalue weighted by molar-refractivity contribution is -0.118. The molecule has 1 N–H and O–H groups in total. The van der Waals surface area contributed by atoms with Gasteiger partial charge in [-0.3, -0.25) is 4.79 Å². The number of carbonyl (C=O) groups excluding carboxylic acids is 1. The molecular formula is C12H12FN3OS3. The van der Waals surface area contributed by atoms with E-state index >= 15 is 0 Å². The topological polar surface area (TPSA) is 54.9 Å². The van der Waals surface area contributed by atoms with E-state index in [9.17, 15) is 9.18 Å². The third kappa shape index (κ3) is 4.77. The van der Waals surface area contributed by atoms with Gasteiger partial charge in [0, 0.05) is 6.54 Å². The monoisotopic (exact) mass is 329 g/mol. The van der Waals surface area contributed by atoms with Gasteiger partial charge in [-0.25, -0.2) is 9.37 Å². The molecule has 0 saturated carbocycles. The van der Waals surface area contributed by atoms with Crippen molar-refractivity contribution in [2.75, 3.05) is 12.0 Å². The van der Waals surface area contributed by atoms with Gasteiger partial charge in [0.1, 0.15) is 5.82 Å². The lowest BCUT2D eigenvalue weighted by Gasteiger charge is -2.04. The van der Waals surface area contributed by atoms with Crippen LogP contribution in [0.1, 0.15) is 5.56 Å². The molecule has 0 saturated heterocycles. The summed E-state index contributed by atoms with van der Waals surface area (Å²) in [7, 11) is 0. The molecule has 8 heteroatoms. The van der Waals surface area contributed by atoms with Gasteiger partial charge >= 0.3 is 0 Å². The van der Waals surface area contributed by atoms with Gasteiger partial charge in [-0.1, -0.05) is 35.7 Å². The first-order valence-electron chi connectivity index (χ1n) is 5.69. The van der Waals surface area contributed by atoms with Crippen LogP contribution in [-0.2, 0) is 11.3 Å². The van der Waals surface area contributed by atoms with Crippen molar-refractivity contribution in [3.8, 4) is 0 Å². The van der Waals surface area contributed by atoms with Gasteiger partial charge in [-0.15, -0.1) is 0 Å². The summed E-state index contributed by atoms with van der Waals surface area (Å²) in [6.45, 7) is 0.395. The second kappa shape index (κ2) is 7.61. The van der Waals surface area contributed by atoms with Crippen LogP contribution in [0, 0.1) is 5.82 Å². The highest BCUT2D eigenvalue weighted by atomic mass is 32.2. The molecule has 0 aliphatic carbocycles. The lowest BCUT2D eigenvalue weighted by atomic mass is 10.2. The normalized spacial score (nSPS) is 10.5. The van der Waals surface area contributed by atoms with E-state index in [1.165, 1.54) is 47.2 Å². The van der Waals surface area contributed by atoms with Gasteiger partial charge in [-0.2, -0.15) is 4.37 Å². The molecule has 2 aromatic rings. The van der Waals surface area contributed by atoms with Crippen molar-refractivity contribution < 1.29 is 9.18 Å². The van der Waals surface area contributed by atoms with Gasteiger partial charge in [0.05, 0.1) is 5.75 Å². The predicted octanol–water partition coefficient (Wildman–Crippen LogP) is 2.81. The summed E-state index contributed by atoms with van der Waals surface area (Å²) in [5.41, 5.74) is 0.866. The maximum absolute atomic E-state index is 12.7. The first kappa shape index (κ1) is 15.3. The van der Waals surface area contributed by atoms with Crippen LogP contribution < -0.4 is 5.32 Å². The van der Waals surface area contributed by atoms with Crippen molar-refractivity contribution in [2.24, 2.45) is 0 Å². The number of halogens is 1. The van der Waals surface area contributed by atoms with Crippen LogP contribution in [0.3, 0.4) is 0 Å². The summed E-state index contributed by atoms with van der Waals surface area (Å²) >= 11 is 4.13. The summed E-state index contributed by atoms with van der Waals surface area (Å²) in [4.78, 5) is 15.9. The molecule has 106 valence electrons. The zero-order valence-electron chi connectivity index (χ0n) is 10.6. The smallest absolute Gasteiger partial charge is 0.230 e. The summed E-state index contributed by atoms with van der Waals surface area (Å²) in [6.07, 6.45) is 1.91. The second-order valence-electron chi connectivity index (χ2n) is 3.74. The molecule has 0 aliphatic heterocycles. The van der Waals surface area contributed by atoms with E-state index in [0.717, 1.165) is 15.1 Å². The first-order chi connectivity index (χ1) is 9.67. The number of benzene rings is 1. The van der Waals surface area contributed by atoms with Crippen LogP contribution in [0.15, 0.2) is 33.8 Å². The number of nitrogens with zero attached hydrogens (tertiary/aromatic N) is 2. The molecule has 0 bridgehead atoms. The van der Waals surface area contributed by atoms with Crippen molar-refractivity contribution in [3.05, 3.63) is 35.6 Å². The van der Waals surface area contributed by atoms with E-state index in [1.807, 2.05) is 6.26 Å². The number of hydrogen-bond donors (Lipinski definition) is 1.